The van der Waals surface area contributed by atoms with E-state index in [2.05, 4.69) is 4.98 Å². The molecule has 4 aromatic rings. The number of fused-ring (bicyclic) bond motifs is 3. The molecule has 0 unspecified atom stereocenters. The molecule has 0 aliphatic rings. The summed E-state index contributed by atoms with van der Waals surface area (Å²) >= 11 is 1.56. The van der Waals surface area contributed by atoms with Crippen LogP contribution in [0.25, 0.3) is 26.4 Å². The van der Waals surface area contributed by atoms with Crippen LogP contribution in [0.5, 0.6) is 0 Å². The molecule has 1 N–H and O–H groups in total. The van der Waals surface area contributed by atoms with Crippen molar-refractivity contribution in [3.05, 3.63) is 60.3 Å². The average molecular weight is 294 g/mol. The lowest BCUT2D eigenvalue weighted by Crippen LogP contribution is -1.95. The minimum Gasteiger partial charge on any atom is -0.478 e. The second-order valence-electron chi connectivity index (χ2n) is 4.73. The highest BCUT2D eigenvalue weighted by Gasteiger charge is 2.12. The lowest BCUT2D eigenvalue weighted by molar-refractivity contribution is 0.0697. The lowest BCUT2D eigenvalue weighted by Gasteiger charge is -1.96. The molecule has 0 atom stereocenters. The van der Waals surface area contributed by atoms with Crippen LogP contribution in [0.3, 0.4) is 0 Å². The minimum atomic E-state index is -0.917. The third-order valence-corrected chi connectivity index (χ3v) is 4.45. The summed E-state index contributed by atoms with van der Waals surface area (Å²) in [7, 11) is 0. The molecule has 2 heterocycles. The third kappa shape index (κ3) is 1.90. The van der Waals surface area contributed by atoms with Crippen molar-refractivity contribution in [2.75, 3.05) is 0 Å². The van der Waals surface area contributed by atoms with Crippen LogP contribution in [0.4, 0.5) is 0 Å². The number of aromatic carboxylic acids is 1. The number of hydrogen-bond acceptors (Lipinski definition) is 3. The fraction of sp³-hybridized carbons (Fsp3) is 0. The number of benzene rings is 2. The molecule has 4 nitrogen and oxygen atoms in total. The van der Waals surface area contributed by atoms with Crippen LogP contribution in [0.1, 0.15) is 10.4 Å². The molecule has 2 aromatic carbocycles. The molecular weight excluding hydrogens is 284 g/mol. The van der Waals surface area contributed by atoms with Gasteiger partial charge in [0.1, 0.15) is 0 Å². The number of carbonyl (C=O) groups is 1. The zero-order valence-corrected chi connectivity index (χ0v) is 11.7. The van der Waals surface area contributed by atoms with Gasteiger partial charge in [-0.25, -0.2) is 9.78 Å². The summed E-state index contributed by atoms with van der Waals surface area (Å²) in [6, 6.07) is 15.1. The second-order valence-corrected chi connectivity index (χ2v) is 5.74. The first kappa shape index (κ1) is 12.1. The number of hydrogen-bond donors (Lipinski definition) is 1. The molecule has 0 saturated carbocycles. The Balaban J connectivity index is 1.96. The van der Waals surface area contributed by atoms with Crippen LogP contribution >= 0.6 is 11.3 Å². The maximum Gasteiger partial charge on any atom is 0.335 e. The monoisotopic (exact) mass is 294 g/mol. The number of nitrogens with zero attached hydrogens (tertiary/aromatic N) is 2. The van der Waals surface area contributed by atoms with Gasteiger partial charge >= 0.3 is 5.97 Å². The van der Waals surface area contributed by atoms with Gasteiger partial charge in [0.25, 0.3) is 0 Å². The molecule has 0 aliphatic carbocycles. The number of carboxylic acid groups (broad SMARTS) is 1. The molecule has 5 heteroatoms. The summed E-state index contributed by atoms with van der Waals surface area (Å²) in [5.41, 5.74) is 3.11. The Morgan fingerprint density at radius 3 is 2.71 bits per heavy atom. The van der Waals surface area contributed by atoms with Gasteiger partial charge in [0.15, 0.2) is 4.96 Å². The van der Waals surface area contributed by atoms with Crippen molar-refractivity contribution in [3.63, 3.8) is 0 Å². The number of thiazole rings is 1. The first-order valence-electron chi connectivity index (χ1n) is 6.43. The highest BCUT2D eigenvalue weighted by Crippen LogP contribution is 2.29. The van der Waals surface area contributed by atoms with Crippen molar-refractivity contribution in [1.82, 2.24) is 9.38 Å². The predicted octanol–water partition coefficient (Wildman–Crippen LogP) is 3.91. The molecule has 0 aliphatic heterocycles. The van der Waals surface area contributed by atoms with Gasteiger partial charge in [0, 0.05) is 11.8 Å². The molecule has 102 valence electrons. The van der Waals surface area contributed by atoms with E-state index in [9.17, 15) is 4.79 Å². The Bertz CT molecular complexity index is 970. The standard InChI is InChI=1S/C16H10N2O2S/c19-15(20)11-6-7-14-13(8-11)18-9-12(17-16(18)21-14)10-4-2-1-3-5-10/h1-9H,(H,19,20). The van der Waals surface area contributed by atoms with Crippen molar-refractivity contribution in [2.24, 2.45) is 0 Å². The van der Waals surface area contributed by atoms with E-state index in [1.807, 2.05) is 47.0 Å². The van der Waals surface area contributed by atoms with Crippen LogP contribution < -0.4 is 0 Å². The van der Waals surface area contributed by atoms with Gasteiger partial charge in [0.2, 0.25) is 0 Å². The Hall–Kier alpha value is -2.66. The highest BCUT2D eigenvalue weighted by atomic mass is 32.1. The third-order valence-electron chi connectivity index (χ3n) is 3.41. The molecule has 0 saturated heterocycles. The lowest BCUT2D eigenvalue weighted by atomic mass is 10.2. The molecular formula is C16H10N2O2S. The molecule has 2 aromatic heterocycles. The van der Waals surface area contributed by atoms with E-state index in [-0.39, 0.29) is 5.56 Å². The van der Waals surface area contributed by atoms with E-state index in [1.54, 1.807) is 23.5 Å². The minimum absolute atomic E-state index is 0.289. The second kappa shape index (κ2) is 4.43. The zero-order valence-electron chi connectivity index (χ0n) is 10.9. The van der Waals surface area contributed by atoms with Crippen molar-refractivity contribution in [3.8, 4) is 11.3 Å². The van der Waals surface area contributed by atoms with E-state index < -0.39 is 5.97 Å². The summed E-state index contributed by atoms with van der Waals surface area (Å²) in [6.45, 7) is 0. The fourth-order valence-electron chi connectivity index (χ4n) is 2.38. The van der Waals surface area contributed by atoms with Crippen molar-refractivity contribution in [2.45, 2.75) is 0 Å². The van der Waals surface area contributed by atoms with Gasteiger partial charge in [-0.3, -0.25) is 4.40 Å². The van der Waals surface area contributed by atoms with E-state index in [0.717, 1.165) is 26.4 Å². The van der Waals surface area contributed by atoms with Crippen LogP contribution in [0.15, 0.2) is 54.7 Å². The van der Waals surface area contributed by atoms with Gasteiger partial charge in [-0.2, -0.15) is 0 Å². The van der Waals surface area contributed by atoms with Crippen molar-refractivity contribution < 1.29 is 9.90 Å². The molecule has 0 spiro atoms. The maximum absolute atomic E-state index is 11.1. The summed E-state index contributed by atoms with van der Waals surface area (Å²) in [5.74, 6) is -0.917. The maximum atomic E-state index is 11.1. The summed E-state index contributed by atoms with van der Waals surface area (Å²) < 4.78 is 2.98. The molecule has 0 amide bonds. The zero-order chi connectivity index (χ0) is 14.4. The van der Waals surface area contributed by atoms with E-state index in [4.69, 9.17) is 5.11 Å². The van der Waals surface area contributed by atoms with Gasteiger partial charge in [-0.05, 0) is 18.2 Å². The largest absolute Gasteiger partial charge is 0.478 e. The van der Waals surface area contributed by atoms with Gasteiger partial charge in [0.05, 0.1) is 21.5 Å². The van der Waals surface area contributed by atoms with Gasteiger partial charge < -0.3 is 5.11 Å². The quantitative estimate of drug-likeness (QED) is 0.609. The number of rotatable bonds is 2. The van der Waals surface area contributed by atoms with Gasteiger partial charge in [-0.15, -0.1) is 0 Å². The predicted molar refractivity (Wildman–Crippen MR) is 83.0 cm³/mol. The summed E-state index contributed by atoms with van der Waals surface area (Å²) in [5, 5.41) is 9.12. The molecule has 0 bridgehead atoms. The fourth-order valence-corrected chi connectivity index (χ4v) is 3.37. The van der Waals surface area contributed by atoms with Crippen LogP contribution in [0.2, 0.25) is 0 Å². The van der Waals surface area contributed by atoms with Crippen LogP contribution in [-0.2, 0) is 0 Å². The molecule has 4 rings (SSSR count). The van der Waals surface area contributed by atoms with Gasteiger partial charge in [-0.1, -0.05) is 41.7 Å². The first-order valence-corrected chi connectivity index (χ1v) is 7.24. The number of carboxylic acids is 1. The van der Waals surface area contributed by atoms with Crippen molar-refractivity contribution in [1.29, 1.82) is 0 Å². The Kier molecular flexibility index (Phi) is 2.55. The average Bonchev–Trinajstić information content (AvgIpc) is 3.05. The van der Waals surface area contributed by atoms with Crippen LogP contribution in [-0.4, -0.2) is 20.5 Å². The normalized spacial score (nSPS) is 11.2. The Morgan fingerprint density at radius 2 is 1.95 bits per heavy atom. The smallest absolute Gasteiger partial charge is 0.335 e. The number of imidazole rings is 1. The van der Waals surface area contributed by atoms with Crippen LogP contribution in [0, 0.1) is 0 Å². The molecule has 21 heavy (non-hydrogen) atoms. The van der Waals surface area contributed by atoms with E-state index in [0.29, 0.717) is 0 Å². The highest BCUT2D eigenvalue weighted by molar-refractivity contribution is 7.23. The molecule has 0 radical (unpaired) electrons. The SMILES string of the molecule is O=C(O)c1ccc2sc3nc(-c4ccccc4)cn3c2c1. The first-order chi connectivity index (χ1) is 10.2. The summed E-state index contributed by atoms with van der Waals surface area (Å²) in [4.78, 5) is 16.6. The number of aromatic nitrogens is 2. The Morgan fingerprint density at radius 1 is 1.14 bits per heavy atom. The topological polar surface area (TPSA) is 54.6 Å². The van der Waals surface area contributed by atoms with E-state index in [1.165, 1.54) is 0 Å². The summed E-state index contributed by atoms with van der Waals surface area (Å²) in [6.07, 6.45) is 1.95. The molecule has 0 fully saturated rings. The Labute approximate surface area is 123 Å². The van der Waals surface area contributed by atoms with E-state index >= 15 is 0 Å². The van der Waals surface area contributed by atoms with Crippen molar-refractivity contribution >= 4 is 32.5 Å².